The molecule has 28 heavy (non-hydrogen) atoms. The van der Waals surface area contributed by atoms with E-state index in [0.29, 0.717) is 17.2 Å². The molecule has 1 fully saturated rings. The highest BCUT2D eigenvalue weighted by Gasteiger charge is 2.34. The molecule has 2 aromatic heterocycles. The molecule has 0 spiro atoms. The van der Waals surface area contributed by atoms with Crippen molar-refractivity contribution >= 4 is 40.9 Å². The van der Waals surface area contributed by atoms with E-state index in [1.807, 2.05) is 31.2 Å². The second kappa shape index (κ2) is 7.21. The Kier molecular flexibility index (Phi) is 4.58. The quantitative estimate of drug-likeness (QED) is 0.422. The van der Waals surface area contributed by atoms with Crippen LogP contribution in [0.4, 0.5) is 5.69 Å². The lowest BCUT2D eigenvalue weighted by atomic mass is 10.1. The van der Waals surface area contributed by atoms with Gasteiger partial charge in [-0.3, -0.25) is 24.8 Å². The number of carbonyl (C=O) groups excluding carboxylic acids is 2. The van der Waals surface area contributed by atoms with E-state index in [1.54, 1.807) is 30.5 Å². The summed E-state index contributed by atoms with van der Waals surface area (Å²) in [5.41, 5.74) is 2.46. The molecule has 0 radical (unpaired) electrons. The highest BCUT2D eigenvalue weighted by atomic mass is 32.1. The van der Waals surface area contributed by atoms with E-state index in [4.69, 9.17) is 16.6 Å². The Hall–Kier alpha value is -3.58. The fourth-order valence-corrected chi connectivity index (χ4v) is 3.10. The third kappa shape index (κ3) is 3.35. The maximum atomic E-state index is 12.9. The van der Waals surface area contributed by atoms with E-state index in [2.05, 4.69) is 10.3 Å². The lowest BCUT2D eigenvalue weighted by Gasteiger charge is -2.28. The Bertz CT molecular complexity index is 1100. The van der Waals surface area contributed by atoms with E-state index >= 15 is 0 Å². The van der Waals surface area contributed by atoms with Crippen LogP contribution < -0.4 is 10.2 Å². The van der Waals surface area contributed by atoms with Crippen LogP contribution in [-0.4, -0.2) is 21.9 Å². The number of benzene rings is 1. The van der Waals surface area contributed by atoms with Gasteiger partial charge in [0.05, 0.1) is 11.9 Å². The van der Waals surface area contributed by atoms with Gasteiger partial charge in [0.2, 0.25) is 0 Å². The van der Waals surface area contributed by atoms with Gasteiger partial charge in [0.1, 0.15) is 17.1 Å². The normalized spacial score (nSPS) is 15.8. The maximum Gasteiger partial charge on any atom is 0.270 e. The number of carbonyl (C=O) groups is 2. The molecular weight excluding hydrogens is 374 g/mol. The van der Waals surface area contributed by atoms with Gasteiger partial charge in [0.25, 0.3) is 11.8 Å². The largest absolute Gasteiger partial charge is 0.457 e. The summed E-state index contributed by atoms with van der Waals surface area (Å²) in [6.45, 7) is 2.01. The van der Waals surface area contributed by atoms with Crippen LogP contribution in [0.15, 0.2) is 70.9 Å². The van der Waals surface area contributed by atoms with Gasteiger partial charge in [0, 0.05) is 11.8 Å². The van der Waals surface area contributed by atoms with Gasteiger partial charge >= 0.3 is 0 Å². The second-order valence-electron chi connectivity index (χ2n) is 6.24. The number of nitrogens with zero attached hydrogens (tertiary/aromatic N) is 2. The molecule has 2 amide bonds. The fourth-order valence-electron chi connectivity index (χ4n) is 2.82. The van der Waals surface area contributed by atoms with Crippen molar-refractivity contribution in [3.63, 3.8) is 0 Å². The van der Waals surface area contributed by atoms with Gasteiger partial charge in [0.15, 0.2) is 5.11 Å². The lowest BCUT2D eigenvalue weighted by Crippen LogP contribution is -2.54. The number of pyridine rings is 1. The van der Waals surface area contributed by atoms with Gasteiger partial charge in [-0.15, -0.1) is 0 Å². The molecule has 7 heteroatoms. The first kappa shape index (κ1) is 17.8. The van der Waals surface area contributed by atoms with Crippen molar-refractivity contribution < 1.29 is 14.0 Å². The van der Waals surface area contributed by atoms with Crippen LogP contribution in [0.25, 0.3) is 17.4 Å². The number of aromatic nitrogens is 1. The number of furan rings is 1. The first-order valence-corrected chi connectivity index (χ1v) is 8.92. The van der Waals surface area contributed by atoms with Crippen LogP contribution in [-0.2, 0) is 9.59 Å². The predicted molar refractivity (Wildman–Crippen MR) is 109 cm³/mol. The van der Waals surface area contributed by atoms with Crippen LogP contribution in [0.2, 0.25) is 0 Å². The molecule has 6 nitrogen and oxygen atoms in total. The molecule has 0 bridgehead atoms. The summed E-state index contributed by atoms with van der Waals surface area (Å²) < 4.78 is 5.80. The molecule has 0 atom stereocenters. The van der Waals surface area contributed by atoms with Crippen molar-refractivity contribution in [1.29, 1.82) is 0 Å². The van der Waals surface area contributed by atoms with Crippen molar-refractivity contribution in [1.82, 2.24) is 10.3 Å². The third-order valence-electron chi connectivity index (χ3n) is 4.26. The van der Waals surface area contributed by atoms with Crippen molar-refractivity contribution in [2.75, 3.05) is 4.90 Å². The highest BCUT2D eigenvalue weighted by Crippen LogP contribution is 2.25. The minimum absolute atomic E-state index is 0.0138. The number of aryl methyl sites for hydroxylation is 1. The zero-order chi connectivity index (χ0) is 19.7. The van der Waals surface area contributed by atoms with Crippen molar-refractivity contribution in [2.24, 2.45) is 0 Å². The van der Waals surface area contributed by atoms with Crippen LogP contribution in [0.3, 0.4) is 0 Å². The predicted octanol–water partition coefficient (Wildman–Crippen LogP) is 3.48. The number of anilines is 1. The number of amides is 2. The Labute approximate surface area is 166 Å². The Morgan fingerprint density at radius 2 is 1.89 bits per heavy atom. The molecule has 0 saturated carbocycles. The van der Waals surface area contributed by atoms with Crippen molar-refractivity contribution in [2.45, 2.75) is 6.92 Å². The molecule has 0 unspecified atom stereocenters. The van der Waals surface area contributed by atoms with Gasteiger partial charge in [-0.05, 0) is 49.5 Å². The van der Waals surface area contributed by atoms with Crippen LogP contribution >= 0.6 is 12.2 Å². The summed E-state index contributed by atoms with van der Waals surface area (Å²) in [5, 5.41) is 2.55. The molecule has 0 aliphatic carbocycles. The first-order chi connectivity index (χ1) is 13.5. The Morgan fingerprint density at radius 3 is 2.61 bits per heavy atom. The first-order valence-electron chi connectivity index (χ1n) is 8.51. The minimum Gasteiger partial charge on any atom is -0.457 e. The van der Waals surface area contributed by atoms with Gasteiger partial charge in [-0.2, -0.15) is 0 Å². The Balaban J connectivity index is 1.67. The van der Waals surface area contributed by atoms with E-state index in [0.717, 1.165) is 11.1 Å². The lowest BCUT2D eigenvalue weighted by molar-refractivity contribution is -0.122. The van der Waals surface area contributed by atoms with Gasteiger partial charge < -0.3 is 4.42 Å². The van der Waals surface area contributed by atoms with Crippen molar-refractivity contribution in [3.05, 3.63) is 77.8 Å². The average Bonchev–Trinajstić information content (AvgIpc) is 3.15. The average molecular weight is 389 g/mol. The molecule has 3 heterocycles. The topological polar surface area (TPSA) is 75.4 Å². The summed E-state index contributed by atoms with van der Waals surface area (Å²) in [4.78, 5) is 30.5. The molecule has 4 rings (SSSR count). The molecule has 1 aliphatic rings. The third-order valence-corrected chi connectivity index (χ3v) is 4.54. The van der Waals surface area contributed by atoms with Crippen LogP contribution in [0, 0.1) is 6.92 Å². The monoisotopic (exact) mass is 389 g/mol. The smallest absolute Gasteiger partial charge is 0.270 e. The Morgan fingerprint density at radius 1 is 1.11 bits per heavy atom. The van der Waals surface area contributed by atoms with E-state index < -0.39 is 11.8 Å². The van der Waals surface area contributed by atoms with E-state index in [1.165, 1.54) is 17.2 Å². The molecular formula is C21H15N3O3S. The van der Waals surface area contributed by atoms with Gasteiger partial charge in [-0.25, -0.2) is 0 Å². The zero-order valence-electron chi connectivity index (χ0n) is 14.9. The number of nitrogens with one attached hydrogen (secondary N) is 1. The van der Waals surface area contributed by atoms with E-state index in [9.17, 15) is 9.59 Å². The summed E-state index contributed by atoms with van der Waals surface area (Å²) in [5.74, 6) is -0.0540. The SMILES string of the molecule is Cc1ccc(-c2ccc(C=C3C(=O)NC(=S)N(c4cccnc4)C3=O)o2)cc1. The molecule has 138 valence electrons. The minimum atomic E-state index is -0.566. The van der Waals surface area contributed by atoms with Crippen molar-refractivity contribution in [3.8, 4) is 11.3 Å². The second-order valence-corrected chi connectivity index (χ2v) is 6.62. The zero-order valence-corrected chi connectivity index (χ0v) is 15.7. The summed E-state index contributed by atoms with van der Waals surface area (Å²) in [6.07, 6.45) is 4.51. The summed E-state index contributed by atoms with van der Waals surface area (Å²) in [7, 11) is 0. The summed E-state index contributed by atoms with van der Waals surface area (Å²) >= 11 is 5.15. The summed E-state index contributed by atoms with van der Waals surface area (Å²) in [6, 6.07) is 14.8. The molecule has 1 aliphatic heterocycles. The van der Waals surface area contributed by atoms with Crippen LogP contribution in [0.5, 0.6) is 0 Å². The standard InChI is InChI=1S/C21H15N3O3S/c1-13-4-6-14(7-5-13)18-9-8-16(27-18)11-17-19(25)23-21(28)24(20(17)26)15-3-2-10-22-12-15/h2-12H,1H3,(H,23,25,28). The number of hydrogen-bond donors (Lipinski definition) is 1. The number of rotatable bonds is 3. The van der Waals surface area contributed by atoms with Crippen LogP contribution in [0.1, 0.15) is 11.3 Å². The number of thiocarbonyl (C=S) groups is 1. The molecule has 1 saturated heterocycles. The highest BCUT2D eigenvalue weighted by molar-refractivity contribution is 7.80. The molecule has 1 aromatic carbocycles. The van der Waals surface area contributed by atoms with E-state index in [-0.39, 0.29) is 10.7 Å². The molecule has 1 N–H and O–H groups in total. The number of hydrogen-bond acceptors (Lipinski definition) is 5. The fraction of sp³-hybridized carbons (Fsp3) is 0.0476. The molecule has 3 aromatic rings. The maximum absolute atomic E-state index is 12.9. The van der Waals surface area contributed by atoms with Gasteiger partial charge in [-0.1, -0.05) is 29.8 Å².